The molecular formula is C25H28F3N5O3. The molecule has 0 unspecified atom stereocenters. The van der Waals surface area contributed by atoms with Gasteiger partial charge in [-0.15, -0.1) is 10.2 Å². The van der Waals surface area contributed by atoms with E-state index < -0.39 is 23.2 Å². The van der Waals surface area contributed by atoms with Crippen molar-refractivity contribution in [3.8, 4) is 16.9 Å². The summed E-state index contributed by atoms with van der Waals surface area (Å²) in [6.45, 7) is 2.96. The van der Waals surface area contributed by atoms with Crippen LogP contribution in [0.15, 0.2) is 36.5 Å². The summed E-state index contributed by atoms with van der Waals surface area (Å²) < 4.78 is 46.7. The summed E-state index contributed by atoms with van der Waals surface area (Å²) in [6.07, 6.45) is 2.05. The Morgan fingerprint density at radius 1 is 1.17 bits per heavy atom. The van der Waals surface area contributed by atoms with Crippen molar-refractivity contribution in [3.05, 3.63) is 53.7 Å². The van der Waals surface area contributed by atoms with Crippen LogP contribution in [0.5, 0.6) is 5.75 Å². The van der Waals surface area contributed by atoms with Gasteiger partial charge in [0.25, 0.3) is 5.91 Å². The third-order valence-corrected chi connectivity index (χ3v) is 5.91. The fourth-order valence-electron chi connectivity index (χ4n) is 4.18. The number of hydrogen-bond donors (Lipinski definition) is 3. The zero-order valence-corrected chi connectivity index (χ0v) is 20.0. The van der Waals surface area contributed by atoms with Crippen molar-refractivity contribution in [1.29, 1.82) is 0 Å². The van der Waals surface area contributed by atoms with E-state index in [9.17, 15) is 23.1 Å². The maximum atomic E-state index is 13.7. The van der Waals surface area contributed by atoms with E-state index in [1.807, 2.05) is 0 Å². The minimum absolute atomic E-state index is 0.00759. The maximum absolute atomic E-state index is 13.7. The summed E-state index contributed by atoms with van der Waals surface area (Å²) in [4.78, 5) is 19.6. The third-order valence-electron chi connectivity index (χ3n) is 5.91. The van der Waals surface area contributed by atoms with E-state index in [0.29, 0.717) is 11.7 Å². The van der Waals surface area contributed by atoms with Gasteiger partial charge in [-0.2, -0.15) is 13.2 Å². The van der Waals surface area contributed by atoms with Gasteiger partial charge in [0.2, 0.25) is 5.82 Å². The van der Waals surface area contributed by atoms with Crippen molar-refractivity contribution >= 4 is 11.7 Å². The first-order valence-electron chi connectivity index (χ1n) is 11.7. The lowest BCUT2D eigenvalue weighted by molar-refractivity contribution is -0.137. The Bertz CT molecular complexity index is 1210. The number of carbonyl (C=O) groups is 1. The number of carbonyl (C=O) groups excluding carboxylic acids is 1. The normalized spacial score (nSPS) is 14.7. The van der Waals surface area contributed by atoms with Crippen LogP contribution >= 0.6 is 0 Å². The highest BCUT2D eigenvalue weighted by Gasteiger charge is 2.34. The number of anilines is 1. The summed E-state index contributed by atoms with van der Waals surface area (Å²) in [7, 11) is 0. The Balaban J connectivity index is 1.54. The molecule has 0 atom stereocenters. The number of H-pyrrole nitrogens is 1. The van der Waals surface area contributed by atoms with Crippen LogP contribution in [0.1, 0.15) is 61.5 Å². The molecule has 11 heteroatoms. The summed E-state index contributed by atoms with van der Waals surface area (Å²) in [6, 6.07) is 6.14. The number of aromatic amines is 1. The van der Waals surface area contributed by atoms with E-state index >= 15 is 0 Å². The number of nitrogens with zero attached hydrogens (tertiary/aromatic N) is 3. The Morgan fingerprint density at radius 2 is 1.92 bits per heavy atom. The van der Waals surface area contributed by atoms with Crippen molar-refractivity contribution < 1.29 is 27.8 Å². The molecule has 8 nitrogen and oxygen atoms in total. The summed E-state index contributed by atoms with van der Waals surface area (Å²) >= 11 is 0. The highest BCUT2D eigenvalue weighted by Crippen LogP contribution is 2.39. The number of pyridine rings is 1. The molecule has 1 aliphatic carbocycles. The number of halogens is 3. The van der Waals surface area contributed by atoms with Crippen molar-refractivity contribution in [2.45, 2.75) is 57.7 Å². The van der Waals surface area contributed by atoms with Gasteiger partial charge in [0.15, 0.2) is 0 Å². The van der Waals surface area contributed by atoms with Gasteiger partial charge in [-0.1, -0.05) is 25.7 Å². The van der Waals surface area contributed by atoms with Crippen LogP contribution in [0.25, 0.3) is 11.1 Å². The number of hydrogen-bond acceptors (Lipinski definition) is 6. The average molecular weight is 504 g/mol. The van der Waals surface area contributed by atoms with Crippen LogP contribution in [0.3, 0.4) is 0 Å². The first kappa shape index (κ1) is 25.6. The van der Waals surface area contributed by atoms with Crippen LogP contribution < -0.4 is 10.1 Å². The molecule has 3 aromatic rings. The van der Waals surface area contributed by atoms with Crippen LogP contribution in [0.2, 0.25) is 0 Å². The quantitative estimate of drug-likeness (QED) is 0.398. The maximum Gasteiger partial charge on any atom is 0.417 e. The molecule has 0 aliphatic heterocycles. The summed E-state index contributed by atoms with van der Waals surface area (Å²) in [5.41, 5.74) is -1.99. The number of nitrogens with one attached hydrogen (secondary N) is 2. The minimum Gasteiger partial charge on any atom is -0.491 e. The molecule has 0 bridgehead atoms. The average Bonchev–Trinajstić information content (AvgIpc) is 3.49. The van der Waals surface area contributed by atoms with Gasteiger partial charge in [0.05, 0.1) is 11.2 Å². The fourth-order valence-corrected chi connectivity index (χ4v) is 4.18. The van der Waals surface area contributed by atoms with Gasteiger partial charge in [0, 0.05) is 12.6 Å². The number of ether oxygens (including phenoxy) is 1. The number of rotatable bonds is 8. The molecule has 2 heterocycles. The first-order valence-corrected chi connectivity index (χ1v) is 11.7. The summed E-state index contributed by atoms with van der Waals surface area (Å²) in [5.74, 6) is 0.794. The van der Waals surface area contributed by atoms with Crippen LogP contribution in [0, 0.1) is 5.92 Å². The highest BCUT2D eigenvalue weighted by molar-refractivity contribution is 6.01. The van der Waals surface area contributed by atoms with Crippen molar-refractivity contribution in [3.63, 3.8) is 0 Å². The van der Waals surface area contributed by atoms with E-state index in [1.54, 1.807) is 0 Å². The molecule has 1 amide bonds. The molecule has 3 N–H and O–H groups in total. The molecule has 4 rings (SSSR count). The van der Waals surface area contributed by atoms with Gasteiger partial charge in [0.1, 0.15) is 24.0 Å². The smallest absolute Gasteiger partial charge is 0.417 e. The van der Waals surface area contributed by atoms with E-state index in [0.717, 1.165) is 25.3 Å². The minimum atomic E-state index is -4.62. The predicted molar refractivity (Wildman–Crippen MR) is 126 cm³/mol. The van der Waals surface area contributed by atoms with Gasteiger partial charge in [-0.25, -0.2) is 4.98 Å². The van der Waals surface area contributed by atoms with Crippen LogP contribution in [-0.4, -0.2) is 43.4 Å². The zero-order chi connectivity index (χ0) is 25.9. The van der Waals surface area contributed by atoms with Gasteiger partial charge >= 0.3 is 6.18 Å². The molecule has 192 valence electrons. The van der Waals surface area contributed by atoms with Gasteiger partial charge in [-0.3, -0.25) is 4.79 Å². The largest absolute Gasteiger partial charge is 0.491 e. The van der Waals surface area contributed by atoms with Crippen molar-refractivity contribution in [2.24, 2.45) is 5.92 Å². The van der Waals surface area contributed by atoms with Crippen molar-refractivity contribution in [2.75, 3.05) is 11.9 Å². The van der Waals surface area contributed by atoms with Crippen molar-refractivity contribution in [1.82, 2.24) is 20.2 Å². The molecule has 1 saturated carbocycles. The second-order valence-electron chi connectivity index (χ2n) is 9.67. The van der Waals surface area contributed by atoms with E-state index in [1.165, 1.54) is 57.2 Å². The Hall–Kier alpha value is -3.47. The number of amides is 1. The standard InChI is InChI=1S/C25H28F3N5O3/c1-24(2,35)14-36-17-7-8-19(25(26,27)28)18(13-17)16-9-10-29-20(12-16)31-23(34)22-30-21(32-33-22)11-15-5-3-4-6-15/h7-10,12-13,15,35H,3-6,11,14H2,1-2H3,(H,29,31,34)(H,30,32,33). The lowest BCUT2D eigenvalue weighted by atomic mass is 9.99. The van der Waals surface area contributed by atoms with Gasteiger partial charge in [-0.05, 0) is 61.2 Å². The molecule has 2 aromatic heterocycles. The molecular weight excluding hydrogens is 475 g/mol. The highest BCUT2D eigenvalue weighted by atomic mass is 19.4. The number of aromatic nitrogens is 4. The molecule has 1 aromatic carbocycles. The Morgan fingerprint density at radius 3 is 2.61 bits per heavy atom. The third kappa shape index (κ3) is 6.60. The van der Waals surface area contributed by atoms with Crippen LogP contribution in [-0.2, 0) is 12.6 Å². The summed E-state index contributed by atoms with van der Waals surface area (Å²) in [5, 5.41) is 20.4. The Kier molecular flexibility index (Phi) is 7.30. The van der Waals surface area contributed by atoms with Gasteiger partial charge < -0.3 is 20.1 Å². The number of alkyl halides is 3. The predicted octanol–water partition coefficient (Wildman–Crippen LogP) is 5.02. The van der Waals surface area contributed by atoms with E-state index in [4.69, 9.17) is 4.74 Å². The monoisotopic (exact) mass is 503 g/mol. The molecule has 0 spiro atoms. The fraction of sp³-hybridized carbons (Fsp3) is 0.440. The lowest BCUT2D eigenvalue weighted by Crippen LogP contribution is -2.27. The SMILES string of the molecule is CC(C)(O)COc1ccc(C(F)(F)F)c(-c2ccnc(NC(=O)c3nnc(CC4CCCC4)[nH]3)c2)c1. The second-order valence-corrected chi connectivity index (χ2v) is 9.67. The van der Waals surface area contributed by atoms with E-state index in [-0.39, 0.29) is 35.1 Å². The molecule has 0 saturated heterocycles. The van der Waals surface area contributed by atoms with E-state index in [2.05, 4.69) is 25.5 Å². The molecule has 36 heavy (non-hydrogen) atoms. The zero-order valence-electron chi connectivity index (χ0n) is 20.0. The number of aliphatic hydroxyl groups is 1. The lowest BCUT2D eigenvalue weighted by Gasteiger charge is -2.19. The first-order chi connectivity index (χ1) is 17.0. The molecule has 1 fully saturated rings. The topological polar surface area (TPSA) is 113 Å². The number of benzene rings is 1. The Labute approximate surface area is 206 Å². The van der Waals surface area contributed by atoms with Crippen LogP contribution in [0.4, 0.5) is 19.0 Å². The molecule has 0 radical (unpaired) electrons. The second kappa shape index (κ2) is 10.3. The molecule has 1 aliphatic rings.